The number of hydrogen-bond donors (Lipinski definition) is 2. The molecule has 2 N–H and O–H groups in total. The molecule has 6 nitrogen and oxygen atoms in total. The number of ether oxygens (including phenoxy) is 1. The SMILES string of the molecule is CCCCOc1ccccc1[C@H]1CC(=O)Nc2nc(SCCC)[nH]c(=O)c21. The molecule has 0 aliphatic carbocycles. The van der Waals surface area contributed by atoms with Crippen LogP contribution >= 0.6 is 11.8 Å². The molecule has 1 aromatic heterocycles. The third-order valence-corrected chi connectivity index (χ3v) is 5.50. The van der Waals surface area contributed by atoms with E-state index in [1.807, 2.05) is 24.3 Å². The molecule has 144 valence electrons. The van der Waals surface area contributed by atoms with E-state index in [1.165, 1.54) is 11.8 Å². The lowest BCUT2D eigenvalue weighted by Crippen LogP contribution is -2.31. The van der Waals surface area contributed by atoms with Crippen LogP contribution in [0.15, 0.2) is 34.2 Å². The van der Waals surface area contributed by atoms with E-state index in [9.17, 15) is 9.59 Å². The molecule has 2 aromatic rings. The highest BCUT2D eigenvalue weighted by molar-refractivity contribution is 7.99. The second kappa shape index (κ2) is 9.08. The van der Waals surface area contributed by atoms with Gasteiger partial charge in [-0.3, -0.25) is 9.59 Å². The maximum Gasteiger partial charge on any atom is 0.257 e. The molecule has 1 amide bonds. The van der Waals surface area contributed by atoms with Crippen molar-refractivity contribution >= 4 is 23.5 Å². The molecule has 7 heteroatoms. The number of hydrogen-bond acceptors (Lipinski definition) is 5. The van der Waals surface area contributed by atoms with Crippen molar-refractivity contribution in [2.24, 2.45) is 0 Å². The van der Waals surface area contributed by atoms with E-state index in [2.05, 4.69) is 29.1 Å². The quantitative estimate of drug-likeness (QED) is 0.407. The normalized spacial score (nSPS) is 15.9. The molecule has 1 aromatic carbocycles. The fourth-order valence-corrected chi connectivity index (χ4v) is 3.83. The molecule has 0 unspecified atom stereocenters. The van der Waals surface area contributed by atoms with Gasteiger partial charge >= 0.3 is 0 Å². The molecule has 2 heterocycles. The van der Waals surface area contributed by atoms with E-state index in [-0.39, 0.29) is 23.8 Å². The molecule has 3 rings (SSSR count). The Morgan fingerprint density at radius 1 is 1.22 bits per heavy atom. The summed E-state index contributed by atoms with van der Waals surface area (Å²) in [6.07, 6.45) is 3.17. The number of carbonyl (C=O) groups is 1. The van der Waals surface area contributed by atoms with E-state index < -0.39 is 0 Å². The van der Waals surface area contributed by atoms with E-state index in [0.29, 0.717) is 23.1 Å². The van der Waals surface area contributed by atoms with Crippen LogP contribution in [0.4, 0.5) is 5.82 Å². The lowest BCUT2D eigenvalue weighted by Gasteiger charge is -2.26. The molecule has 0 radical (unpaired) electrons. The summed E-state index contributed by atoms with van der Waals surface area (Å²) in [6, 6.07) is 7.63. The monoisotopic (exact) mass is 387 g/mol. The summed E-state index contributed by atoms with van der Waals surface area (Å²) < 4.78 is 5.93. The minimum Gasteiger partial charge on any atom is -0.493 e. The molecule has 0 spiro atoms. The largest absolute Gasteiger partial charge is 0.493 e. The van der Waals surface area contributed by atoms with Crippen molar-refractivity contribution < 1.29 is 9.53 Å². The Bertz CT molecular complexity index is 866. The smallest absolute Gasteiger partial charge is 0.257 e. The molecule has 0 saturated heterocycles. The highest BCUT2D eigenvalue weighted by atomic mass is 32.2. The molecule has 27 heavy (non-hydrogen) atoms. The predicted octanol–water partition coefficient (Wildman–Crippen LogP) is 3.93. The minimum atomic E-state index is -0.368. The van der Waals surface area contributed by atoms with Gasteiger partial charge in [-0.05, 0) is 18.9 Å². The van der Waals surface area contributed by atoms with Gasteiger partial charge in [0.1, 0.15) is 11.6 Å². The number of fused-ring (bicyclic) bond motifs is 1. The van der Waals surface area contributed by atoms with Gasteiger partial charge < -0.3 is 15.0 Å². The van der Waals surface area contributed by atoms with E-state index in [0.717, 1.165) is 36.3 Å². The fourth-order valence-electron chi connectivity index (χ4n) is 3.11. The van der Waals surface area contributed by atoms with Gasteiger partial charge in [-0.2, -0.15) is 0 Å². The summed E-state index contributed by atoms with van der Waals surface area (Å²) in [7, 11) is 0. The molecule has 1 aliphatic heterocycles. The van der Waals surface area contributed by atoms with E-state index >= 15 is 0 Å². The molecular formula is C20H25N3O3S. The van der Waals surface area contributed by atoms with Gasteiger partial charge in [-0.25, -0.2) is 4.98 Å². The summed E-state index contributed by atoms with van der Waals surface area (Å²) in [5.41, 5.74) is 1.15. The van der Waals surface area contributed by atoms with Crippen molar-refractivity contribution in [3.8, 4) is 5.75 Å². The standard InChI is InChI=1S/C20H25N3O3S/c1-3-5-10-26-15-9-7-6-8-13(15)14-12-16(24)21-18-17(14)19(25)23-20(22-18)27-11-4-2/h6-9,14H,3-5,10-12H2,1-2H3,(H2,21,22,23,24,25)/t14-/m1/s1. The number of benzene rings is 1. The van der Waals surface area contributed by atoms with Crippen LogP contribution in [0.3, 0.4) is 0 Å². The van der Waals surface area contributed by atoms with Gasteiger partial charge in [-0.15, -0.1) is 0 Å². The third-order valence-electron chi connectivity index (χ3n) is 4.42. The lowest BCUT2D eigenvalue weighted by molar-refractivity contribution is -0.116. The third kappa shape index (κ3) is 4.53. The van der Waals surface area contributed by atoms with E-state index in [4.69, 9.17) is 4.74 Å². The zero-order valence-corrected chi connectivity index (χ0v) is 16.5. The summed E-state index contributed by atoms with van der Waals surface area (Å²) in [4.78, 5) is 32.5. The zero-order chi connectivity index (χ0) is 19.2. The number of amides is 1. The topological polar surface area (TPSA) is 84.1 Å². The number of carbonyl (C=O) groups excluding carboxylic acids is 1. The molecular weight excluding hydrogens is 362 g/mol. The van der Waals surface area contributed by atoms with Crippen molar-refractivity contribution in [3.05, 3.63) is 45.7 Å². The Hall–Kier alpha value is -2.28. The van der Waals surface area contributed by atoms with Gasteiger partial charge in [0, 0.05) is 23.7 Å². The number of H-pyrrole nitrogens is 1. The first kappa shape index (κ1) is 19.5. The fraction of sp³-hybridized carbons (Fsp3) is 0.450. The summed E-state index contributed by atoms with van der Waals surface area (Å²) in [5.74, 6) is 1.43. The van der Waals surface area contributed by atoms with Gasteiger partial charge in [0.05, 0.1) is 12.2 Å². The van der Waals surface area contributed by atoms with Gasteiger partial charge in [0.15, 0.2) is 5.16 Å². The van der Waals surface area contributed by atoms with Crippen LogP contribution in [-0.4, -0.2) is 28.2 Å². The number of rotatable bonds is 8. The Morgan fingerprint density at radius 2 is 2.04 bits per heavy atom. The Morgan fingerprint density at radius 3 is 2.81 bits per heavy atom. The summed E-state index contributed by atoms with van der Waals surface area (Å²) >= 11 is 1.48. The summed E-state index contributed by atoms with van der Waals surface area (Å²) in [5, 5.41) is 3.30. The minimum absolute atomic E-state index is 0.139. The highest BCUT2D eigenvalue weighted by Gasteiger charge is 2.32. The average Bonchev–Trinajstić information content (AvgIpc) is 2.66. The van der Waals surface area contributed by atoms with Crippen LogP contribution in [0.1, 0.15) is 56.6 Å². The first-order valence-electron chi connectivity index (χ1n) is 9.42. The molecule has 1 atom stereocenters. The van der Waals surface area contributed by atoms with Crippen LogP contribution in [0, 0.1) is 0 Å². The predicted molar refractivity (Wildman–Crippen MR) is 108 cm³/mol. The van der Waals surface area contributed by atoms with Crippen LogP contribution in [0.5, 0.6) is 5.75 Å². The molecule has 0 fully saturated rings. The lowest BCUT2D eigenvalue weighted by atomic mass is 9.86. The van der Waals surface area contributed by atoms with Crippen LogP contribution < -0.4 is 15.6 Å². The number of nitrogens with zero attached hydrogens (tertiary/aromatic N) is 1. The number of anilines is 1. The highest BCUT2D eigenvalue weighted by Crippen LogP contribution is 2.38. The maximum atomic E-state index is 12.8. The molecule has 1 aliphatic rings. The van der Waals surface area contributed by atoms with Crippen LogP contribution in [0.2, 0.25) is 0 Å². The Kier molecular flexibility index (Phi) is 6.55. The van der Waals surface area contributed by atoms with Crippen molar-refractivity contribution in [1.82, 2.24) is 9.97 Å². The van der Waals surface area contributed by atoms with Gasteiger partial charge in [0.25, 0.3) is 5.56 Å². The maximum absolute atomic E-state index is 12.8. The number of aromatic amines is 1. The van der Waals surface area contributed by atoms with Gasteiger partial charge in [-0.1, -0.05) is 50.2 Å². The second-order valence-corrected chi connectivity index (χ2v) is 7.61. The number of unbranched alkanes of at least 4 members (excludes halogenated alkanes) is 1. The Labute approximate surface area is 163 Å². The van der Waals surface area contributed by atoms with Crippen LogP contribution in [0.25, 0.3) is 0 Å². The van der Waals surface area contributed by atoms with E-state index in [1.54, 1.807) is 0 Å². The average molecular weight is 388 g/mol. The first-order chi connectivity index (χ1) is 13.1. The van der Waals surface area contributed by atoms with Gasteiger partial charge in [0.2, 0.25) is 5.91 Å². The number of nitrogens with one attached hydrogen (secondary N) is 2. The first-order valence-corrected chi connectivity index (χ1v) is 10.4. The molecule has 0 saturated carbocycles. The number of para-hydroxylation sites is 1. The summed E-state index contributed by atoms with van der Waals surface area (Å²) in [6.45, 7) is 4.79. The van der Waals surface area contributed by atoms with Crippen molar-refractivity contribution in [3.63, 3.8) is 0 Å². The number of aromatic nitrogens is 2. The zero-order valence-electron chi connectivity index (χ0n) is 15.7. The van der Waals surface area contributed by atoms with Crippen molar-refractivity contribution in [2.75, 3.05) is 17.7 Å². The Balaban J connectivity index is 2.00. The number of thioether (sulfide) groups is 1. The van der Waals surface area contributed by atoms with Crippen molar-refractivity contribution in [1.29, 1.82) is 0 Å². The molecule has 0 bridgehead atoms. The van der Waals surface area contributed by atoms with Crippen molar-refractivity contribution in [2.45, 2.75) is 50.6 Å². The van der Waals surface area contributed by atoms with Crippen LogP contribution in [-0.2, 0) is 4.79 Å². The second-order valence-electron chi connectivity index (χ2n) is 6.53.